The van der Waals surface area contributed by atoms with Crippen molar-refractivity contribution in [3.05, 3.63) is 64.1 Å². The Morgan fingerprint density at radius 2 is 2.00 bits per heavy atom. The maximum absolute atomic E-state index is 12.7. The quantitative estimate of drug-likeness (QED) is 0.774. The summed E-state index contributed by atoms with van der Waals surface area (Å²) in [5.41, 5.74) is 2.42. The van der Waals surface area contributed by atoms with Crippen molar-refractivity contribution in [1.82, 2.24) is 4.90 Å². The van der Waals surface area contributed by atoms with Gasteiger partial charge in [0.2, 0.25) is 5.91 Å². The smallest absolute Gasteiger partial charge is 0.410 e. The van der Waals surface area contributed by atoms with Crippen LogP contribution in [0.2, 0.25) is 0 Å². The summed E-state index contributed by atoms with van der Waals surface area (Å²) >= 11 is 3.39. The molecule has 0 aromatic heterocycles. The van der Waals surface area contributed by atoms with Gasteiger partial charge in [0.1, 0.15) is 12.6 Å². The van der Waals surface area contributed by atoms with Crippen LogP contribution in [0.3, 0.4) is 0 Å². The van der Waals surface area contributed by atoms with Crippen LogP contribution < -0.4 is 5.32 Å². The second-order valence-corrected chi connectivity index (χ2v) is 7.46. The molecule has 142 valence electrons. The molecule has 0 saturated carbocycles. The molecule has 6 nitrogen and oxygen atoms in total. The van der Waals surface area contributed by atoms with Crippen molar-refractivity contribution in [1.29, 1.82) is 0 Å². The highest BCUT2D eigenvalue weighted by atomic mass is 79.9. The average molecular weight is 433 g/mol. The zero-order chi connectivity index (χ0) is 19.4. The van der Waals surface area contributed by atoms with E-state index in [1.807, 2.05) is 49.4 Å². The number of carbonyl (C=O) groups excluding carboxylic acids is 2. The third-order valence-electron chi connectivity index (χ3n) is 4.47. The van der Waals surface area contributed by atoms with Crippen LogP contribution in [0.25, 0.3) is 0 Å². The van der Waals surface area contributed by atoms with E-state index in [0.717, 1.165) is 15.6 Å². The number of nitrogens with one attached hydrogen (secondary N) is 1. The minimum absolute atomic E-state index is 0.0744. The molecule has 2 aromatic carbocycles. The number of aliphatic hydroxyl groups excluding tert-OH is 1. The number of benzene rings is 2. The van der Waals surface area contributed by atoms with Gasteiger partial charge < -0.3 is 15.2 Å². The molecule has 1 aliphatic rings. The Morgan fingerprint density at radius 1 is 1.26 bits per heavy atom. The van der Waals surface area contributed by atoms with Gasteiger partial charge >= 0.3 is 6.09 Å². The van der Waals surface area contributed by atoms with Crippen molar-refractivity contribution in [2.45, 2.75) is 32.1 Å². The number of β-amino-alcohol motifs (C(OH)–C–C–N with tert-alkyl or cyclic N) is 1. The highest BCUT2D eigenvalue weighted by molar-refractivity contribution is 9.10. The van der Waals surface area contributed by atoms with Gasteiger partial charge in [-0.05, 0) is 36.2 Å². The van der Waals surface area contributed by atoms with Crippen molar-refractivity contribution >= 4 is 33.6 Å². The van der Waals surface area contributed by atoms with E-state index in [2.05, 4.69) is 21.2 Å². The maximum atomic E-state index is 12.7. The maximum Gasteiger partial charge on any atom is 0.410 e. The highest BCUT2D eigenvalue weighted by Crippen LogP contribution is 2.24. The molecule has 0 aliphatic carbocycles. The lowest BCUT2D eigenvalue weighted by molar-refractivity contribution is -0.120. The topological polar surface area (TPSA) is 78.9 Å². The Morgan fingerprint density at radius 3 is 2.70 bits per heavy atom. The molecule has 2 N–H and O–H groups in total. The summed E-state index contributed by atoms with van der Waals surface area (Å²) in [6.45, 7) is 2.08. The number of ether oxygens (including phenoxy) is 1. The average Bonchev–Trinajstić information content (AvgIpc) is 3.05. The standard InChI is InChI=1S/C20H21BrN2O4/c1-13-9-15(21)7-8-17(13)22-19(25)18-10-16(24)11-23(18)20(26)27-12-14-5-3-2-4-6-14/h2-9,16,18,24H,10-12H2,1H3,(H,22,25)/t16-,18-/m0/s1. The summed E-state index contributed by atoms with van der Waals surface area (Å²) < 4.78 is 6.24. The zero-order valence-electron chi connectivity index (χ0n) is 14.9. The van der Waals surface area contributed by atoms with Crippen molar-refractivity contribution in [2.24, 2.45) is 0 Å². The van der Waals surface area contributed by atoms with E-state index >= 15 is 0 Å². The monoisotopic (exact) mass is 432 g/mol. The predicted octanol–water partition coefficient (Wildman–Crippen LogP) is 3.47. The minimum Gasteiger partial charge on any atom is -0.445 e. The largest absolute Gasteiger partial charge is 0.445 e. The molecule has 0 spiro atoms. The molecule has 3 rings (SSSR count). The number of aliphatic hydroxyl groups is 1. The number of likely N-dealkylation sites (tertiary alicyclic amines) is 1. The molecular weight excluding hydrogens is 412 g/mol. The molecule has 0 radical (unpaired) electrons. The van der Waals surface area contributed by atoms with Gasteiger partial charge in [-0.2, -0.15) is 0 Å². The van der Waals surface area contributed by atoms with Crippen LogP contribution in [0, 0.1) is 6.92 Å². The third-order valence-corrected chi connectivity index (χ3v) is 4.96. The number of nitrogens with zero attached hydrogens (tertiary/aromatic N) is 1. The lowest BCUT2D eigenvalue weighted by atomic mass is 10.1. The number of rotatable bonds is 4. The number of hydrogen-bond donors (Lipinski definition) is 2. The summed E-state index contributed by atoms with van der Waals surface area (Å²) in [5.74, 6) is -0.339. The van der Waals surface area contributed by atoms with Crippen LogP contribution in [-0.4, -0.2) is 40.7 Å². The lowest BCUT2D eigenvalue weighted by Gasteiger charge is -2.23. The van der Waals surface area contributed by atoms with Gasteiger partial charge in [0.05, 0.1) is 12.6 Å². The predicted molar refractivity (Wildman–Crippen MR) is 105 cm³/mol. The fraction of sp³-hybridized carbons (Fsp3) is 0.300. The van der Waals surface area contributed by atoms with Crippen LogP contribution in [-0.2, 0) is 16.1 Å². The highest BCUT2D eigenvalue weighted by Gasteiger charge is 2.40. The lowest BCUT2D eigenvalue weighted by Crippen LogP contribution is -2.43. The van der Waals surface area contributed by atoms with E-state index in [4.69, 9.17) is 4.74 Å². The van der Waals surface area contributed by atoms with E-state index in [1.54, 1.807) is 6.07 Å². The molecule has 2 aromatic rings. The Hall–Kier alpha value is -2.38. The van der Waals surface area contributed by atoms with Crippen molar-refractivity contribution in [2.75, 3.05) is 11.9 Å². The van der Waals surface area contributed by atoms with E-state index in [-0.39, 0.29) is 25.5 Å². The zero-order valence-corrected chi connectivity index (χ0v) is 16.5. The molecule has 1 saturated heterocycles. The van der Waals surface area contributed by atoms with Gasteiger partial charge in [-0.15, -0.1) is 0 Å². The molecule has 1 fully saturated rings. The molecule has 1 heterocycles. The van der Waals surface area contributed by atoms with Gasteiger partial charge in [-0.1, -0.05) is 46.3 Å². The van der Waals surface area contributed by atoms with Crippen LogP contribution in [0.5, 0.6) is 0 Å². The summed E-state index contributed by atoms with van der Waals surface area (Å²) in [6.07, 6.45) is -1.18. The molecule has 2 amide bonds. The van der Waals surface area contributed by atoms with Crippen molar-refractivity contribution < 1.29 is 19.4 Å². The molecular formula is C20H21BrN2O4. The van der Waals surface area contributed by atoms with Gasteiger partial charge in [0.25, 0.3) is 0 Å². The minimum atomic E-state index is -0.772. The Kier molecular flexibility index (Phi) is 6.13. The number of hydrogen-bond acceptors (Lipinski definition) is 4. The van der Waals surface area contributed by atoms with Crippen molar-refractivity contribution in [3.8, 4) is 0 Å². The second-order valence-electron chi connectivity index (χ2n) is 6.55. The van der Waals surface area contributed by atoms with Gasteiger partial charge in [0.15, 0.2) is 0 Å². The fourth-order valence-corrected chi connectivity index (χ4v) is 3.53. The number of halogens is 1. The third kappa shape index (κ3) is 4.87. The van der Waals surface area contributed by atoms with Crippen LogP contribution in [0.15, 0.2) is 53.0 Å². The summed E-state index contributed by atoms with van der Waals surface area (Å²) in [4.78, 5) is 26.4. The normalized spacial score (nSPS) is 19.0. The molecule has 7 heteroatoms. The van der Waals surface area contributed by atoms with Crippen LogP contribution in [0.1, 0.15) is 17.5 Å². The number of carbonyl (C=O) groups is 2. The Balaban J connectivity index is 1.65. The van der Waals surface area contributed by atoms with Crippen LogP contribution >= 0.6 is 15.9 Å². The number of amides is 2. The van der Waals surface area contributed by atoms with Gasteiger partial charge in [-0.25, -0.2) is 4.79 Å². The Bertz CT molecular complexity index is 828. The Labute approximate surface area is 166 Å². The van der Waals surface area contributed by atoms with E-state index in [1.165, 1.54) is 4.90 Å². The first kappa shape index (κ1) is 19.4. The molecule has 2 atom stereocenters. The first-order valence-corrected chi connectivity index (χ1v) is 9.45. The van der Waals surface area contributed by atoms with E-state index < -0.39 is 18.2 Å². The molecule has 1 aliphatic heterocycles. The van der Waals surface area contributed by atoms with Crippen molar-refractivity contribution in [3.63, 3.8) is 0 Å². The summed E-state index contributed by atoms with van der Waals surface area (Å²) in [5, 5.41) is 12.8. The first-order chi connectivity index (χ1) is 12.9. The molecule has 0 bridgehead atoms. The SMILES string of the molecule is Cc1cc(Br)ccc1NC(=O)[C@@H]1C[C@H](O)CN1C(=O)OCc1ccccc1. The van der Waals surface area contributed by atoms with E-state index in [0.29, 0.717) is 5.69 Å². The van der Waals surface area contributed by atoms with Crippen LogP contribution in [0.4, 0.5) is 10.5 Å². The fourth-order valence-electron chi connectivity index (χ4n) is 3.05. The molecule has 27 heavy (non-hydrogen) atoms. The van der Waals surface area contributed by atoms with Gasteiger partial charge in [-0.3, -0.25) is 9.69 Å². The summed E-state index contributed by atoms with van der Waals surface area (Å²) in [7, 11) is 0. The number of aryl methyl sites for hydroxylation is 1. The van der Waals surface area contributed by atoms with E-state index in [9.17, 15) is 14.7 Å². The first-order valence-electron chi connectivity index (χ1n) is 8.66. The summed E-state index contributed by atoms with van der Waals surface area (Å²) in [6, 6.07) is 14.1. The van der Waals surface area contributed by atoms with Gasteiger partial charge in [0, 0.05) is 16.6 Å². The molecule has 0 unspecified atom stereocenters. The number of anilines is 1. The second kappa shape index (κ2) is 8.54.